The Kier molecular flexibility index (Phi) is 6.03. The van der Waals surface area contributed by atoms with Crippen LogP contribution in [0.25, 0.3) is 22.8 Å². The summed E-state index contributed by atoms with van der Waals surface area (Å²) in [5.41, 5.74) is 3.19. The van der Waals surface area contributed by atoms with E-state index in [1.54, 1.807) is 36.4 Å². The number of aromatic nitrogens is 2. The lowest BCUT2D eigenvalue weighted by Crippen LogP contribution is -2.20. The highest BCUT2D eigenvalue weighted by atomic mass is 19.1. The molecule has 1 amide bonds. The predicted molar refractivity (Wildman–Crippen MR) is 115 cm³/mol. The summed E-state index contributed by atoms with van der Waals surface area (Å²) in [6.45, 7) is 2.00. The molecular formula is C24H20FN3O3. The fourth-order valence-corrected chi connectivity index (χ4v) is 2.92. The van der Waals surface area contributed by atoms with Crippen LogP contribution >= 0.6 is 0 Å². The van der Waals surface area contributed by atoms with Gasteiger partial charge in [0, 0.05) is 16.8 Å². The van der Waals surface area contributed by atoms with Crippen LogP contribution in [0.3, 0.4) is 0 Å². The van der Waals surface area contributed by atoms with Crippen molar-refractivity contribution in [2.24, 2.45) is 0 Å². The number of anilines is 1. The van der Waals surface area contributed by atoms with Gasteiger partial charge in [-0.2, -0.15) is 4.98 Å². The fraction of sp³-hybridized carbons (Fsp3) is 0.125. The molecule has 31 heavy (non-hydrogen) atoms. The Bertz CT molecular complexity index is 1150. The molecule has 0 spiro atoms. The quantitative estimate of drug-likeness (QED) is 0.451. The molecule has 1 N–H and O–H groups in total. The van der Waals surface area contributed by atoms with Crippen LogP contribution in [-0.2, 0) is 11.2 Å². The van der Waals surface area contributed by atoms with Crippen LogP contribution < -0.4 is 10.1 Å². The van der Waals surface area contributed by atoms with Gasteiger partial charge in [0.05, 0.1) is 0 Å². The largest absolute Gasteiger partial charge is 0.484 e. The first kappa shape index (κ1) is 20.3. The molecule has 156 valence electrons. The lowest BCUT2D eigenvalue weighted by Gasteiger charge is -2.08. The number of carbonyl (C=O) groups excluding carboxylic acids is 1. The number of rotatable bonds is 7. The average molecular weight is 417 g/mol. The number of nitrogens with zero attached hydrogens (tertiary/aromatic N) is 2. The second-order valence-corrected chi connectivity index (χ2v) is 6.84. The van der Waals surface area contributed by atoms with Gasteiger partial charge in [-0.05, 0) is 72.6 Å². The monoisotopic (exact) mass is 417 g/mol. The molecule has 0 aliphatic rings. The van der Waals surface area contributed by atoms with Crippen molar-refractivity contribution in [3.8, 4) is 28.6 Å². The third-order valence-corrected chi connectivity index (χ3v) is 4.65. The van der Waals surface area contributed by atoms with Crippen molar-refractivity contribution in [2.75, 3.05) is 11.9 Å². The number of hydrogen-bond acceptors (Lipinski definition) is 5. The molecular weight excluding hydrogens is 397 g/mol. The maximum atomic E-state index is 13.1. The highest BCUT2D eigenvalue weighted by Crippen LogP contribution is 2.23. The highest BCUT2D eigenvalue weighted by molar-refractivity contribution is 5.92. The van der Waals surface area contributed by atoms with E-state index in [0.717, 1.165) is 6.42 Å². The molecule has 1 aromatic heterocycles. The molecule has 0 saturated heterocycles. The van der Waals surface area contributed by atoms with Gasteiger partial charge >= 0.3 is 0 Å². The van der Waals surface area contributed by atoms with Crippen molar-refractivity contribution in [3.05, 3.63) is 84.2 Å². The minimum absolute atomic E-state index is 0.0854. The summed E-state index contributed by atoms with van der Waals surface area (Å²) in [6, 6.07) is 20.5. The molecule has 0 radical (unpaired) electrons. The lowest BCUT2D eigenvalue weighted by atomic mass is 10.2. The van der Waals surface area contributed by atoms with Crippen molar-refractivity contribution >= 4 is 11.6 Å². The smallest absolute Gasteiger partial charge is 0.262 e. The third-order valence-electron chi connectivity index (χ3n) is 4.65. The number of aryl methyl sites for hydroxylation is 1. The Labute approximate surface area is 178 Å². The summed E-state index contributed by atoms with van der Waals surface area (Å²) in [5.74, 6) is 0.761. The van der Waals surface area contributed by atoms with Crippen LogP contribution in [0.2, 0.25) is 0 Å². The zero-order valence-corrected chi connectivity index (χ0v) is 16.8. The van der Waals surface area contributed by atoms with E-state index in [4.69, 9.17) is 9.26 Å². The molecule has 7 heteroatoms. The van der Waals surface area contributed by atoms with Gasteiger partial charge in [0.2, 0.25) is 5.82 Å². The molecule has 4 aromatic rings. The van der Waals surface area contributed by atoms with Crippen LogP contribution in [0.5, 0.6) is 5.75 Å². The number of halogens is 1. The van der Waals surface area contributed by atoms with Crippen molar-refractivity contribution in [2.45, 2.75) is 13.3 Å². The number of nitrogens with one attached hydrogen (secondary N) is 1. The standard InChI is InChI=1S/C24H20FN3O3/c1-2-16-3-13-21(14-4-16)30-15-22(29)26-20-11-7-18(8-12-20)24-27-23(28-31-24)17-5-9-19(25)10-6-17/h3-14H,2,15H2,1H3,(H,26,29). The molecule has 0 aliphatic heterocycles. The van der Waals surface area contributed by atoms with E-state index in [0.29, 0.717) is 34.3 Å². The zero-order valence-electron chi connectivity index (χ0n) is 16.8. The first-order valence-electron chi connectivity index (χ1n) is 9.82. The number of amides is 1. The van der Waals surface area contributed by atoms with Gasteiger partial charge in [0.25, 0.3) is 11.8 Å². The van der Waals surface area contributed by atoms with E-state index in [2.05, 4.69) is 22.4 Å². The molecule has 0 bridgehead atoms. The van der Waals surface area contributed by atoms with Crippen molar-refractivity contribution in [1.82, 2.24) is 10.1 Å². The second-order valence-electron chi connectivity index (χ2n) is 6.84. The van der Waals surface area contributed by atoms with E-state index in [1.165, 1.54) is 17.7 Å². The molecule has 0 aliphatic carbocycles. The summed E-state index contributed by atoms with van der Waals surface area (Å²) in [7, 11) is 0. The predicted octanol–water partition coefficient (Wildman–Crippen LogP) is 5.12. The first-order chi connectivity index (χ1) is 15.1. The van der Waals surface area contributed by atoms with E-state index < -0.39 is 0 Å². The second kappa shape index (κ2) is 9.21. The zero-order chi connectivity index (χ0) is 21.6. The Morgan fingerprint density at radius 2 is 1.65 bits per heavy atom. The third kappa shape index (κ3) is 5.14. The Hall–Kier alpha value is -4.00. The Morgan fingerprint density at radius 1 is 0.968 bits per heavy atom. The number of ether oxygens (including phenoxy) is 1. The number of hydrogen-bond donors (Lipinski definition) is 1. The van der Waals surface area contributed by atoms with Gasteiger partial charge in [0.15, 0.2) is 6.61 Å². The van der Waals surface area contributed by atoms with Crippen LogP contribution in [0.4, 0.5) is 10.1 Å². The molecule has 1 heterocycles. The number of benzene rings is 3. The van der Waals surface area contributed by atoms with Gasteiger partial charge in [0.1, 0.15) is 11.6 Å². The summed E-state index contributed by atoms with van der Waals surface area (Å²) in [5, 5.41) is 6.72. The Morgan fingerprint density at radius 3 is 2.32 bits per heavy atom. The molecule has 4 rings (SSSR count). The molecule has 0 unspecified atom stereocenters. The lowest BCUT2D eigenvalue weighted by molar-refractivity contribution is -0.118. The van der Waals surface area contributed by atoms with Gasteiger partial charge in [-0.3, -0.25) is 4.79 Å². The van der Waals surface area contributed by atoms with Crippen molar-refractivity contribution < 1.29 is 18.4 Å². The molecule has 0 saturated carbocycles. The molecule has 6 nitrogen and oxygen atoms in total. The fourth-order valence-electron chi connectivity index (χ4n) is 2.92. The van der Waals surface area contributed by atoms with E-state index in [1.807, 2.05) is 24.3 Å². The van der Waals surface area contributed by atoms with Gasteiger partial charge in [-0.1, -0.05) is 24.2 Å². The Balaban J connectivity index is 1.34. The maximum Gasteiger partial charge on any atom is 0.262 e. The van der Waals surface area contributed by atoms with Gasteiger partial charge < -0.3 is 14.6 Å². The summed E-state index contributed by atoms with van der Waals surface area (Å²) in [6.07, 6.45) is 0.952. The summed E-state index contributed by atoms with van der Waals surface area (Å²) < 4.78 is 23.9. The average Bonchev–Trinajstić information content (AvgIpc) is 3.29. The molecule has 3 aromatic carbocycles. The van der Waals surface area contributed by atoms with Crippen LogP contribution in [0.15, 0.2) is 77.3 Å². The van der Waals surface area contributed by atoms with Gasteiger partial charge in [-0.15, -0.1) is 0 Å². The van der Waals surface area contributed by atoms with Crippen LogP contribution in [0.1, 0.15) is 12.5 Å². The topological polar surface area (TPSA) is 77.2 Å². The van der Waals surface area contributed by atoms with E-state index in [9.17, 15) is 9.18 Å². The van der Waals surface area contributed by atoms with Gasteiger partial charge in [-0.25, -0.2) is 4.39 Å². The van der Waals surface area contributed by atoms with Crippen LogP contribution in [-0.4, -0.2) is 22.7 Å². The summed E-state index contributed by atoms with van der Waals surface area (Å²) in [4.78, 5) is 16.5. The highest BCUT2D eigenvalue weighted by Gasteiger charge is 2.11. The summed E-state index contributed by atoms with van der Waals surface area (Å²) >= 11 is 0. The maximum absolute atomic E-state index is 13.1. The van der Waals surface area contributed by atoms with E-state index in [-0.39, 0.29) is 18.3 Å². The van der Waals surface area contributed by atoms with E-state index >= 15 is 0 Å². The number of carbonyl (C=O) groups is 1. The molecule has 0 atom stereocenters. The minimum atomic E-state index is -0.329. The minimum Gasteiger partial charge on any atom is -0.484 e. The SMILES string of the molecule is CCc1ccc(OCC(=O)Nc2ccc(-c3nc(-c4ccc(F)cc4)no3)cc2)cc1. The normalized spacial score (nSPS) is 10.6. The molecule has 0 fully saturated rings. The van der Waals surface area contributed by atoms with Crippen molar-refractivity contribution in [1.29, 1.82) is 0 Å². The van der Waals surface area contributed by atoms with Crippen LogP contribution in [0, 0.1) is 5.82 Å². The van der Waals surface area contributed by atoms with Crippen molar-refractivity contribution in [3.63, 3.8) is 0 Å². The first-order valence-corrected chi connectivity index (χ1v) is 9.82.